The third-order valence-corrected chi connectivity index (χ3v) is 7.26. The van der Waals surface area contributed by atoms with Crippen LogP contribution in [0.5, 0.6) is 0 Å². The Kier molecular flexibility index (Phi) is 26.6. The minimum absolute atomic E-state index is 0. The second kappa shape index (κ2) is 23.7. The normalized spacial score (nSPS) is 13.7. The maximum Gasteiger partial charge on any atom is 1.00 e. The van der Waals surface area contributed by atoms with Gasteiger partial charge < -0.3 is 9.66 Å². The van der Waals surface area contributed by atoms with E-state index in [-0.39, 0.29) is 57.5 Å². The molecule has 0 aromatic rings. The summed E-state index contributed by atoms with van der Waals surface area (Å²) in [7, 11) is -4.15. The van der Waals surface area contributed by atoms with Crippen LogP contribution in [0.2, 0.25) is 0 Å². The monoisotopic (exact) mass is 472 g/mol. The fourth-order valence-corrected chi connectivity index (χ4v) is 4.96. The summed E-state index contributed by atoms with van der Waals surface area (Å²) in [6, 6.07) is 0. The van der Waals surface area contributed by atoms with Crippen molar-refractivity contribution in [3.8, 4) is 0 Å². The maximum atomic E-state index is 11.5. The van der Waals surface area contributed by atoms with Crippen LogP contribution in [-0.4, -0.2) is 29.4 Å². The molecule has 0 saturated heterocycles. The Labute approximate surface area is 230 Å². The Morgan fingerprint density at radius 2 is 0.967 bits per heavy atom. The molecule has 0 aliphatic heterocycles. The molecule has 2 atom stereocenters. The van der Waals surface area contributed by atoms with E-state index in [9.17, 15) is 18.1 Å². The van der Waals surface area contributed by atoms with E-state index in [1.54, 1.807) is 0 Å². The molecular weight excluding hydrogens is 423 g/mol. The quantitative estimate of drug-likeness (QED) is 0.146. The number of hydrogen-bond acceptors (Lipinski definition) is 4. The molecule has 0 rings (SSSR count). The summed E-state index contributed by atoms with van der Waals surface area (Å²) in [5.74, 6) is 0. The predicted octanol–water partition coefficient (Wildman–Crippen LogP) is 4.11. The minimum Gasteiger partial charge on any atom is -0.748 e. The number of hydrogen-bond donors (Lipinski definition) is 1. The van der Waals surface area contributed by atoms with E-state index >= 15 is 0 Å². The van der Waals surface area contributed by atoms with Crippen molar-refractivity contribution in [1.82, 2.24) is 0 Å². The van der Waals surface area contributed by atoms with Gasteiger partial charge in [0.05, 0.1) is 16.2 Å². The molecule has 176 valence electrons. The van der Waals surface area contributed by atoms with Gasteiger partial charge in [-0.2, -0.15) is 0 Å². The van der Waals surface area contributed by atoms with Gasteiger partial charge in [-0.25, -0.2) is 8.42 Å². The van der Waals surface area contributed by atoms with Crippen molar-refractivity contribution in [3.63, 3.8) is 0 Å². The van der Waals surface area contributed by atoms with E-state index in [1.165, 1.54) is 51.4 Å². The zero-order valence-corrected chi connectivity index (χ0v) is 24.3. The Morgan fingerprint density at radius 1 is 0.600 bits per heavy atom. The largest absolute Gasteiger partial charge is 1.00 e. The summed E-state index contributed by atoms with van der Waals surface area (Å²) in [6.45, 7) is 4.29. The summed E-state index contributed by atoms with van der Waals surface area (Å²) in [5, 5.41) is 9.03. The van der Waals surface area contributed by atoms with E-state index in [0.717, 1.165) is 64.2 Å². The number of unbranched alkanes of at least 4 members (excludes halogenated alkanes) is 13. The summed E-state index contributed by atoms with van der Waals surface area (Å²) >= 11 is 0. The van der Waals surface area contributed by atoms with Crippen LogP contribution in [0, 0.1) is 0 Å². The van der Waals surface area contributed by atoms with Gasteiger partial charge in [0.1, 0.15) is 0 Å². The third kappa shape index (κ3) is 22.7. The van der Waals surface area contributed by atoms with E-state index in [2.05, 4.69) is 13.8 Å². The van der Waals surface area contributed by atoms with Crippen molar-refractivity contribution in [1.29, 1.82) is 0 Å². The van der Waals surface area contributed by atoms with Crippen molar-refractivity contribution < 1.29 is 69.5 Å². The Hall–Kier alpha value is 1.51. The van der Waals surface area contributed by atoms with Gasteiger partial charge in [0, 0.05) is 5.25 Å². The Morgan fingerprint density at radius 3 is 1.33 bits per heavy atom. The van der Waals surface area contributed by atoms with Crippen LogP contribution in [0.25, 0.3) is 0 Å². The first kappa shape index (κ1) is 33.7. The van der Waals surface area contributed by atoms with E-state index in [4.69, 9.17) is 0 Å². The van der Waals surface area contributed by atoms with Crippen LogP contribution in [0.15, 0.2) is 0 Å². The number of aliphatic hydroxyl groups excluding tert-OH is 1. The van der Waals surface area contributed by atoms with Gasteiger partial charge in [0.2, 0.25) is 0 Å². The average molecular weight is 473 g/mol. The first-order chi connectivity index (χ1) is 13.9. The van der Waals surface area contributed by atoms with E-state index in [0.29, 0.717) is 12.8 Å². The van der Waals surface area contributed by atoms with Crippen molar-refractivity contribution >= 4 is 10.1 Å². The standard InChI is InChI=1S/C24H50O4S.K/c1-3-5-6-7-14-17-21-24(29(26,27)28)22-18-15-12-10-8-9-11-13-16-20-23(25)19-4-2;/h23-25H,3-22H2,1-2H3,(H,26,27,28);/q;+1/p-1. The first-order valence-electron chi connectivity index (χ1n) is 12.5. The van der Waals surface area contributed by atoms with Crippen LogP contribution in [0.1, 0.15) is 142 Å². The second-order valence-electron chi connectivity index (χ2n) is 8.87. The molecule has 0 fully saturated rings. The maximum absolute atomic E-state index is 11.5. The van der Waals surface area contributed by atoms with Crippen molar-refractivity contribution in [2.75, 3.05) is 0 Å². The fourth-order valence-electron chi connectivity index (χ4n) is 4.05. The van der Waals surface area contributed by atoms with Crippen LogP contribution < -0.4 is 51.4 Å². The van der Waals surface area contributed by atoms with Gasteiger partial charge in [0.25, 0.3) is 0 Å². The van der Waals surface area contributed by atoms with Crippen molar-refractivity contribution in [2.45, 2.75) is 154 Å². The summed E-state index contributed by atoms with van der Waals surface area (Å²) in [5.41, 5.74) is 0. The molecule has 0 amide bonds. The molecule has 0 heterocycles. The molecule has 1 N–H and O–H groups in total. The smallest absolute Gasteiger partial charge is 0.748 e. The molecule has 0 saturated carbocycles. The zero-order valence-electron chi connectivity index (χ0n) is 20.4. The van der Waals surface area contributed by atoms with Gasteiger partial charge in [-0.3, -0.25) is 0 Å². The van der Waals surface area contributed by atoms with Crippen LogP contribution >= 0.6 is 0 Å². The molecule has 0 aliphatic carbocycles. The van der Waals surface area contributed by atoms with Gasteiger partial charge in [-0.15, -0.1) is 0 Å². The van der Waals surface area contributed by atoms with Gasteiger partial charge in [-0.05, 0) is 25.7 Å². The third-order valence-electron chi connectivity index (χ3n) is 5.97. The second-order valence-corrected chi connectivity index (χ2v) is 10.5. The molecule has 0 aliphatic rings. The van der Waals surface area contributed by atoms with Crippen LogP contribution in [0.4, 0.5) is 0 Å². The SMILES string of the molecule is CCCCCCCCC(CCCCCCCCCCCC(O)CCC)S(=O)(=O)[O-].[K+]. The molecule has 0 spiro atoms. The van der Waals surface area contributed by atoms with Gasteiger partial charge >= 0.3 is 51.4 Å². The van der Waals surface area contributed by atoms with Crippen molar-refractivity contribution in [3.05, 3.63) is 0 Å². The van der Waals surface area contributed by atoms with Crippen molar-refractivity contribution in [2.24, 2.45) is 0 Å². The average Bonchev–Trinajstić information content (AvgIpc) is 2.66. The fraction of sp³-hybridized carbons (Fsp3) is 1.00. The molecule has 0 aromatic carbocycles. The molecule has 4 nitrogen and oxygen atoms in total. The number of aliphatic hydroxyl groups is 1. The van der Waals surface area contributed by atoms with Crippen LogP contribution in [0.3, 0.4) is 0 Å². The van der Waals surface area contributed by atoms with Gasteiger partial charge in [-0.1, -0.05) is 117 Å². The zero-order chi connectivity index (χ0) is 21.8. The molecule has 6 heteroatoms. The van der Waals surface area contributed by atoms with E-state index < -0.39 is 15.4 Å². The van der Waals surface area contributed by atoms with Gasteiger partial charge in [0.15, 0.2) is 0 Å². The summed E-state index contributed by atoms with van der Waals surface area (Å²) < 4.78 is 34.5. The molecule has 0 bridgehead atoms. The molecular formula is C24H49KO4S. The molecule has 2 unspecified atom stereocenters. The molecule has 0 aromatic heterocycles. The Bertz CT molecular complexity index is 442. The summed E-state index contributed by atoms with van der Waals surface area (Å²) in [4.78, 5) is 0. The number of rotatable bonds is 22. The van der Waals surface area contributed by atoms with Crippen LogP contribution in [-0.2, 0) is 10.1 Å². The Balaban J connectivity index is 0. The molecule has 30 heavy (non-hydrogen) atoms. The molecule has 0 radical (unpaired) electrons. The predicted molar refractivity (Wildman–Crippen MR) is 123 cm³/mol. The first-order valence-corrected chi connectivity index (χ1v) is 14.0. The minimum atomic E-state index is -4.15. The van der Waals surface area contributed by atoms with E-state index in [1.807, 2.05) is 0 Å². The summed E-state index contributed by atoms with van der Waals surface area (Å²) in [6.07, 6.45) is 20.9. The topological polar surface area (TPSA) is 77.4 Å².